The Kier molecular flexibility index (Phi) is 6.06. The third-order valence-corrected chi connectivity index (χ3v) is 3.81. The Morgan fingerprint density at radius 2 is 2.00 bits per heavy atom. The number of carbonyl (C=O) groups excluding carboxylic acids is 1. The third-order valence-electron chi connectivity index (χ3n) is 3.30. The zero-order valence-electron chi connectivity index (χ0n) is 13.1. The van der Waals surface area contributed by atoms with Crippen LogP contribution in [-0.4, -0.2) is 23.8 Å². The smallest absolute Gasteiger partial charge is 0.277 e. The number of aryl methyl sites for hydroxylation is 2. The number of halogens is 2. The average molecular weight is 367 g/mol. The number of phenols is 1. The Bertz CT molecular complexity index is 792. The number of rotatable bonds is 5. The van der Waals surface area contributed by atoms with Gasteiger partial charge in [-0.1, -0.05) is 29.3 Å². The lowest BCUT2D eigenvalue weighted by molar-refractivity contribution is -0.123. The summed E-state index contributed by atoms with van der Waals surface area (Å²) in [7, 11) is 0. The summed E-state index contributed by atoms with van der Waals surface area (Å²) in [5.41, 5.74) is 4.83. The standard InChI is InChI=1S/C17H16Cl2N2O3/c1-10-3-4-14(5-11(10)2)24-9-16(22)21-20-8-12-6-13(18)7-15(19)17(12)23/h3-8,23H,9H2,1-2H3,(H,21,22)/b20-8-. The first-order valence-electron chi connectivity index (χ1n) is 7.07. The number of ether oxygens (including phenoxy) is 1. The van der Waals surface area contributed by atoms with Crippen molar-refractivity contribution in [1.29, 1.82) is 0 Å². The van der Waals surface area contributed by atoms with Gasteiger partial charge < -0.3 is 9.84 Å². The van der Waals surface area contributed by atoms with Gasteiger partial charge in [-0.05, 0) is 49.2 Å². The van der Waals surface area contributed by atoms with Gasteiger partial charge in [-0.25, -0.2) is 5.43 Å². The predicted octanol–water partition coefficient (Wildman–Crippen LogP) is 3.84. The topological polar surface area (TPSA) is 70.9 Å². The molecule has 2 aromatic carbocycles. The van der Waals surface area contributed by atoms with Gasteiger partial charge in [0.2, 0.25) is 0 Å². The molecule has 2 aromatic rings. The molecule has 0 saturated carbocycles. The molecule has 24 heavy (non-hydrogen) atoms. The van der Waals surface area contributed by atoms with Gasteiger partial charge in [0.1, 0.15) is 11.5 Å². The van der Waals surface area contributed by atoms with E-state index in [0.717, 1.165) is 11.1 Å². The van der Waals surface area contributed by atoms with Gasteiger partial charge in [-0.2, -0.15) is 5.10 Å². The van der Waals surface area contributed by atoms with Crippen LogP contribution in [0.5, 0.6) is 11.5 Å². The van der Waals surface area contributed by atoms with Gasteiger partial charge in [0.25, 0.3) is 5.91 Å². The molecule has 0 unspecified atom stereocenters. The highest BCUT2D eigenvalue weighted by molar-refractivity contribution is 6.36. The van der Waals surface area contributed by atoms with Crippen LogP contribution in [0.1, 0.15) is 16.7 Å². The molecule has 0 aliphatic rings. The lowest BCUT2D eigenvalue weighted by Gasteiger charge is -2.07. The van der Waals surface area contributed by atoms with E-state index in [1.54, 1.807) is 6.07 Å². The highest BCUT2D eigenvalue weighted by Crippen LogP contribution is 2.29. The zero-order valence-corrected chi connectivity index (χ0v) is 14.6. The largest absolute Gasteiger partial charge is 0.506 e. The molecular weight excluding hydrogens is 351 g/mol. The molecular formula is C17H16Cl2N2O3. The van der Waals surface area contributed by atoms with Gasteiger partial charge >= 0.3 is 0 Å². The second-order valence-corrected chi connectivity index (χ2v) is 6.00. The Morgan fingerprint density at radius 1 is 1.25 bits per heavy atom. The van der Waals surface area contributed by atoms with Crippen LogP contribution in [0.15, 0.2) is 35.4 Å². The van der Waals surface area contributed by atoms with E-state index < -0.39 is 5.91 Å². The van der Waals surface area contributed by atoms with E-state index in [2.05, 4.69) is 10.5 Å². The Morgan fingerprint density at radius 3 is 2.71 bits per heavy atom. The minimum atomic E-state index is -0.433. The van der Waals surface area contributed by atoms with Crippen LogP contribution >= 0.6 is 23.2 Å². The first-order chi connectivity index (χ1) is 11.4. The van der Waals surface area contributed by atoms with Crippen molar-refractivity contribution < 1.29 is 14.6 Å². The van der Waals surface area contributed by atoms with Crippen LogP contribution in [0.4, 0.5) is 0 Å². The van der Waals surface area contributed by atoms with Crippen LogP contribution in [-0.2, 0) is 4.79 Å². The van der Waals surface area contributed by atoms with Crippen molar-refractivity contribution in [3.8, 4) is 11.5 Å². The number of phenolic OH excluding ortho intramolecular Hbond substituents is 1. The summed E-state index contributed by atoms with van der Waals surface area (Å²) in [6.45, 7) is 3.79. The number of hydrogen-bond donors (Lipinski definition) is 2. The molecule has 0 saturated heterocycles. The van der Waals surface area contributed by atoms with E-state index >= 15 is 0 Å². The van der Waals surface area contributed by atoms with Gasteiger partial charge in [0.05, 0.1) is 11.2 Å². The van der Waals surface area contributed by atoms with E-state index in [0.29, 0.717) is 16.3 Å². The molecule has 0 heterocycles. The summed E-state index contributed by atoms with van der Waals surface area (Å²) in [5.74, 6) is 0.0130. The van der Waals surface area contributed by atoms with Crippen molar-refractivity contribution in [2.75, 3.05) is 6.61 Å². The summed E-state index contributed by atoms with van der Waals surface area (Å²) < 4.78 is 5.39. The summed E-state index contributed by atoms with van der Waals surface area (Å²) in [4.78, 5) is 11.7. The number of amides is 1. The fraction of sp³-hybridized carbons (Fsp3) is 0.176. The van der Waals surface area contributed by atoms with Crippen LogP contribution < -0.4 is 10.2 Å². The fourth-order valence-corrected chi connectivity index (χ4v) is 2.35. The SMILES string of the molecule is Cc1ccc(OCC(=O)N/N=C\c2cc(Cl)cc(Cl)c2O)cc1C. The van der Waals surface area contributed by atoms with Crippen molar-refractivity contribution in [2.24, 2.45) is 5.10 Å². The number of hydrazone groups is 1. The normalized spacial score (nSPS) is 10.8. The maximum absolute atomic E-state index is 11.7. The Labute approximate surface area is 149 Å². The molecule has 0 bridgehead atoms. The minimum Gasteiger partial charge on any atom is -0.506 e. The quantitative estimate of drug-likeness (QED) is 0.623. The highest BCUT2D eigenvalue weighted by Gasteiger charge is 2.06. The number of hydrogen-bond acceptors (Lipinski definition) is 4. The summed E-state index contributed by atoms with van der Waals surface area (Å²) in [5, 5.41) is 14.0. The second-order valence-electron chi connectivity index (χ2n) is 5.15. The van der Waals surface area contributed by atoms with E-state index in [9.17, 15) is 9.90 Å². The summed E-state index contributed by atoms with van der Waals surface area (Å²) in [6.07, 6.45) is 1.25. The molecule has 0 aromatic heterocycles. The minimum absolute atomic E-state index is 0.105. The lowest BCUT2D eigenvalue weighted by Crippen LogP contribution is -2.24. The number of carbonyl (C=O) groups is 1. The van der Waals surface area contributed by atoms with Gasteiger partial charge in [-0.15, -0.1) is 0 Å². The van der Waals surface area contributed by atoms with Crippen molar-refractivity contribution >= 4 is 35.3 Å². The predicted molar refractivity (Wildman–Crippen MR) is 95.3 cm³/mol. The van der Waals surface area contributed by atoms with E-state index in [1.165, 1.54) is 18.3 Å². The molecule has 126 valence electrons. The molecule has 0 atom stereocenters. The fourth-order valence-electron chi connectivity index (χ4n) is 1.84. The first kappa shape index (κ1) is 18.1. The lowest BCUT2D eigenvalue weighted by atomic mass is 10.1. The van der Waals surface area contributed by atoms with E-state index in [4.69, 9.17) is 27.9 Å². The summed E-state index contributed by atoms with van der Waals surface area (Å²) in [6, 6.07) is 8.46. The highest BCUT2D eigenvalue weighted by atomic mass is 35.5. The van der Waals surface area contributed by atoms with E-state index in [-0.39, 0.29) is 17.4 Å². The molecule has 0 spiro atoms. The number of nitrogens with one attached hydrogen (secondary N) is 1. The average Bonchev–Trinajstić information content (AvgIpc) is 2.53. The van der Waals surface area contributed by atoms with Gasteiger partial charge in [0, 0.05) is 10.6 Å². The molecule has 1 amide bonds. The Balaban J connectivity index is 1.90. The van der Waals surface area contributed by atoms with Crippen molar-refractivity contribution in [1.82, 2.24) is 5.43 Å². The van der Waals surface area contributed by atoms with Crippen LogP contribution in [0.3, 0.4) is 0 Å². The molecule has 2 N–H and O–H groups in total. The Hall–Kier alpha value is -2.24. The van der Waals surface area contributed by atoms with E-state index in [1.807, 2.05) is 26.0 Å². The summed E-state index contributed by atoms with van der Waals surface area (Å²) >= 11 is 11.6. The molecule has 5 nitrogen and oxygen atoms in total. The molecule has 0 aliphatic heterocycles. The first-order valence-corrected chi connectivity index (χ1v) is 7.82. The van der Waals surface area contributed by atoms with Gasteiger partial charge in [-0.3, -0.25) is 4.79 Å². The number of benzene rings is 2. The van der Waals surface area contributed by atoms with Crippen molar-refractivity contribution in [3.05, 3.63) is 57.1 Å². The number of nitrogens with zero attached hydrogens (tertiary/aromatic N) is 1. The maximum Gasteiger partial charge on any atom is 0.277 e. The van der Waals surface area contributed by atoms with Crippen molar-refractivity contribution in [2.45, 2.75) is 13.8 Å². The molecule has 0 radical (unpaired) electrons. The molecule has 0 aliphatic carbocycles. The molecule has 2 rings (SSSR count). The monoisotopic (exact) mass is 366 g/mol. The molecule has 7 heteroatoms. The maximum atomic E-state index is 11.7. The van der Waals surface area contributed by atoms with Gasteiger partial charge in [0.15, 0.2) is 6.61 Å². The number of aromatic hydroxyl groups is 1. The zero-order chi connectivity index (χ0) is 17.7. The third kappa shape index (κ3) is 4.88. The second kappa shape index (κ2) is 8.04. The van der Waals surface area contributed by atoms with Crippen LogP contribution in [0.2, 0.25) is 10.0 Å². The van der Waals surface area contributed by atoms with Crippen LogP contribution in [0.25, 0.3) is 0 Å². The van der Waals surface area contributed by atoms with Crippen molar-refractivity contribution in [3.63, 3.8) is 0 Å². The molecule has 0 fully saturated rings. The van der Waals surface area contributed by atoms with Crippen LogP contribution in [0, 0.1) is 13.8 Å².